The molecule has 11 heteroatoms. The first-order valence-corrected chi connectivity index (χ1v) is 12.8. The third kappa shape index (κ3) is 13.1. The summed E-state index contributed by atoms with van der Waals surface area (Å²) in [4.78, 5) is 0. The largest absolute Gasteiger partial charge is 0.239 e. The summed E-state index contributed by atoms with van der Waals surface area (Å²) in [5.74, 6) is 0. The van der Waals surface area contributed by atoms with Gasteiger partial charge in [-0.15, -0.1) is 0 Å². The molecule has 0 unspecified atom stereocenters. The van der Waals surface area contributed by atoms with E-state index in [0.29, 0.717) is 0 Å². The molecular weight excluding hydrogens is 321 g/mol. The van der Waals surface area contributed by atoms with Crippen molar-refractivity contribution in [2.75, 3.05) is 0 Å². The summed E-state index contributed by atoms with van der Waals surface area (Å²) in [5.41, 5.74) is 0. The quantitative estimate of drug-likeness (QED) is 0.149. The number of thiol groups is 1. The highest BCUT2D eigenvalue weighted by Crippen LogP contribution is 2.57. The van der Waals surface area contributed by atoms with Crippen molar-refractivity contribution < 1.29 is 9.59 Å². The molecule has 0 saturated heterocycles. The minimum Gasteiger partial charge on any atom is -0.239 e. The second-order valence-electron chi connectivity index (χ2n) is 0.625. The molecule has 11 heavy (non-hydrogen) atoms. The van der Waals surface area contributed by atoms with Crippen LogP contribution in [0.2, 0.25) is 0 Å². The average molecular weight is 323 g/mol. The van der Waals surface area contributed by atoms with Gasteiger partial charge < -0.3 is 0 Å². The van der Waals surface area contributed by atoms with E-state index < -0.39 is 0 Å². The van der Waals surface area contributed by atoms with E-state index in [0.717, 1.165) is 11.1 Å². The van der Waals surface area contributed by atoms with Gasteiger partial charge in [-0.25, -0.2) is 5.26 Å². The molecular formula is H2O2S9. The van der Waals surface area contributed by atoms with Crippen molar-refractivity contribution >= 4 is 91.5 Å². The van der Waals surface area contributed by atoms with E-state index in [9.17, 15) is 0 Å². The molecule has 0 spiro atoms. The average Bonchev–Trinajstić information content (AvgIpc) is 2.03. The maximum absolute atomic E-state index is 7.90. The monoisotopic (exact) mass is 322 g/mol. The molecule has 0 atom stereocenters. The van der Waals surface area contributed by atoms with E-state index in [1.807, 2.05) is 0 Å². The molecule has 2 nitrogen and oxygen atoms in total. The first kappa shape index (κ1) is 14.1. The first-order chi connectivity index (χ1) is 5.41. The van der Waals surface area contributed by atoms with E-state index >= 15 is 0 Å². The molecule has 68 valence electrons. The van der Waals surface area contributed by atoms with Crippen LogP contribution in [0.4, 0.5) is 0 Å². The summed E-state index contributed by atoms with van der Waals surface area (Å²) < 4.78 is 3.78. The Labute approximate surface area is 99.8 Å². The summed E-state index contributed by atoms with van der Waals surface area (Å²) >= 11 is 4.88. The lowest BCUT2D eigenvalue weighted by Gasteiger charge is -1.93. The Morgan fingerprint density at radius 3 is 2.00 bits per heavy atom. The third-order valence-corrected chi connectivity index (χ3v) is 14.7. The number of hydrogen-bond donors (Lipinski definition) is 2. The molecule has 0 radical (unpaired) electrons. The molecule has 0 aliphatic carbocycles. The molecule has 1 N–H and O–H groups in total. The van der Waals surface area contributed by atoms with E-state index in [4.69, 9.17) is 5.26 Å². The van der Waals surface area contributed by atoms with Gasteiger partial charge in [0.1, 0.15) is 11.1 Å². The maximum atomic E-state index is 7.90. The molecule has 0 fully saturated rings. The van der Waals surface area contributed by atoms with Crippen LogP contribution in [0.5, 0.6) is 0 Å². The van der Waals surface area contributed by atoms with E-state index in [-0.39, 0.29) is 0 Å². The zero-order valence-electron chi connectivity index (χ0n) is 4.57. The predicted molar refractivity (Wildman–Crippen MR) is 73.4 cm³/mol. The molecule has 0 aliphatic rings. The van der Waals surface area contributed by atoms with Crippen LogP contribution in [-0.2, 0) is 4.33 Å². The van der Waals surface area contributed by atoms with Crippen LogP contribution in [0.3, 0.4) is 0 Å². The van der Waals surface area contributed by atoms with Crippen molar-refractivity contribution in [2.45, 2.75) is 0 Å². The lowest BCUT2D eigenvalue weighted by atomic mass is 15.0. The van der Waals surface area contributed by atoms with E-state index in [1.54, 1.807) is 39.3 Å². The van der Waals surface area contributed by atoms with Crippen LogP contribution in [-0.4, -0.2) is 5.26 Å². The molecule has 0 aromatic heterocycles. The number of rotatable bonds is 8. The lowest BCUT2D eigenvalue weighted by molar-refractivity contribution is -0.114. The molecule has 0 amide bonds. The smallest absolute Gasteiger partial charge is 0.114 e. The zero-order valence-corrected chi connectivity index (χ0v) is 12.0. The van der Waals surface area contributed by atoms with Crippen molar-refractivity contribution in [1.29, 1.82) is 0 Å². The van der Waals surface area contributed by atoms with Gasteiger partial charge in [-0.05, 0) is 29.5 Å². The Hall–Kier alpha value is 3.07. The fourth-order valence-electron chi connectivity index (χ4n) is 0.0815. The molecule has 0 aliphatic heterocycles. The van der Waals surface area contributed by atoms with Gasteiger partial charge in [0, 0.05) is 39.3 Å². The summed E-state index contributed by atoms with van der Waals surface area (Å²) in [6.07, 6.45) is 0. The standard InChI is InChI=1S/H2O2S9/c1-2-4-6-8-10-11-9-7-5-3/h1,3H. The van der Waals surface area contributed by atoms with Crippen molar-refractivity contribution in [3.05, 3.63) is 0 Å². The highest BCUT2D eigenvalue weighted by Gasteiger charge is 1.94. The van der Waals surface area contributed by atoms with Gasteiger partial charge >= 0.3 is 0 Å². The summed E-state index contributed by atoms with van der Waals surface area (Å²) in [6.45, 7) is 0. The molecule has 0 aromatic rings. The van der Waals surface area contributed by atoms with E-state index in [1.165, 1.54) is 29.5 Å². The molecule has 0 aromatic carbocycles. The Bertz CT molecular complexity index is 56.6. The van der Waals surface area contributed by atoms with Gasteiger partial charge in [0.05, 0.1) is 0 Å². The molecule has 0 rings (SSSR count). The van der Waals surface area contributed by atoms with Crippen LogP contribution in [0, 0.1) is 0 Å². The van der Waals surface area contributed by atoms with Crippen LogP contribution >= 0.6 is 91.5 Å². The highest BCUT2D eigenvalue weighted by molar-refractivity contribution is 9.50. The van der Waals surface area contributed by atoms with Crippen LogP contribution in [0.15, 0.2) is 0 Å². The van der Waals surface area contributed by atoms with Gasteiger partial charge in [-0.1, -0.05) is 11.7 Å². The van der Waals surface area contributed by atoms with Crippen LogP contribution in [0.1, 0.15) is 0 Å². The Balaban J connectivity index is 2.69. The van der Waals surface area contributed by atoms with Gasteiger partial charge in [0.25, 0.3) is 0 Å². The predicted octanol–water partition coefficient (Wildman–Crippen LogP) is 5.51. The zero-order chi connectivity index (χ0) is 8.36. The topological polar surface area (TPSA) is 29.5 Å². The SMILES string of the molecule is OOSSSSSSSSS. The van der Waals surface area contributed by atoms with Gasteiger partial charge in [0.2, 0.25) is 0 Å². The normalized spacial score (nSPS) is 10.4. The summed E-state index contributed by atoms with van der Waals surface area (Å²) in [7, 11) is 10.8. The van der Waals surface area contributed by atoms with Crippen molar-refractivity contribution in [2.24, 2.45) is 0 Å². The van der Waals surface area contributed by atoms with Gasteiger partial charge in [-0.3, -0.25) is 0 Å². The fraction of sp³-hybridized carbons (Fsp3) is 0. The Kier molecular flexibility index (Phi) is 16.7. The Morgan fingerprint density at radius 2 is 1.45 bits per heavy atom. The van der Waals surface area contributed by atoms with Gasteiger partial charge in [-0.2, -0.15) is 4.33 Å². The summed E-state index contributed by atoms with van der Waals surface area (Å²) in [5, 5.41) is 7.90. The maximum Gasteiger partial charge on any atom is 0.114 e. The van der Waals surface area contributed by atoms with Crippen LogP contribution in [0.25, 0.3) is 0 Å². The minimum absolute atomic E-state index is 0.937. The molecule has 0 bridgehead atoms. The van der Waals surface area contributed by atoms with Gasteiger partial charge in [0.15, 0.2) is 0 Å². The number of hydrogen-bond acceptors (Lipinski definition) is 11. The van der Waals surface area contributed by atoms with Crippen molar-refractivity contribution in [1.82, 2.24) is 0 Å². The minimum atomic E-state index is 0.937. The van der Waals surface area contributed by atoms with Crippen molar-refractivity contribution in [3.63, 3.8) is 0 Å². The van der Waals surface area contributed by atoms with Crippen molar-refractivity contribution in [3.8, 4) is 0 Å². The van der Waals surface area contributed by atoms with E-state index in [2.05, 4.69) is 16.0 Å². The summed E-state index contributed by atoms with van der Waals surface area (Å²) in [6, 6.07) is 0. The third-order valence-electron chi connectivity index (χ3n) is 0.228. The molecule has 0 heterocycles. The lowest BCUT2D eigenvalue weighted by Crippen LogP contribution is -1.53. The second kappa shape index (κ2) is 13.1. The Morgan fingerprint density at radius 1 is 0.909 bits per heavy atom. The first-order valence-electron chi connectivity index (χ1n) is 1.70. The second-order valence-corrected chi connectivity index (χ2v) is 13.9. The fourth-order valence-corrected chi connectivity index (χ4v) is 15.3. The van der Waals surface area contributed by atoms with Crippen LogP contribution < -0.4 is 0 Å². The highest BCUT2D eigenvalue weighted by atomic mass is 34.0. The molecule has 0 saturated carbocycles.